The van der Waals surface area contributed by atoms with E-state index in [9.17, 15) is 9.59 Å². The highest BCUT2D eigenvalue weighted by atomic mass is 16.5. The Labute approximate surface area is 245 Å². The van der Waals surface area contributed by atoms with Gasteiger partial charge in [0.25, 0.3) is 0 Å². The van der Waals surface area contributed by atoms with Crippen LogP contribution >= 0.6 is 0 Å². The number of benzene rings is 2. The van der Waals surface area contributed by atoms with Gasteiger partial charge in [-0.25, -0.2) is 4.79 Å². The van der Waals surface area contributed by atoms with Crippen LogP contribution in [0.15, 0.2) is 48.5 Å². The third-order valence-corrected chi connectivity index (χ3v) is 7.75. The second kappa shape index (κ2) is 16.2. The summed E-state index contributed by atoms with van der Waals surface area (Å²) in [5, 5.41) is 0. The zero-order valence-corrected chi connectivity index (χ0v) is 25.0. The number of hydrogen-bond donors (Lipinski definition) is 2. The van der Waals surface area contributed by atoms with Crippen LogP contribution in [0, 0.1) is 5.92 Å². The summed E-state index contributed by atoms with van der Waals surface area (Å²) in [5.74, 6) is -0.227. The van der Waals surface area contributed by atoms with Crippen LogP contribution in [0.4, 0.5) is 11.4 Å². The standard InChI is InChI=1S/C34H48N2O5/c1-4-5-6-7-8-9-22-39-28-18-13-26(14-19-28)33(38)41-29-16-10-25(11-17-29)12-21-32(37)40-24-34(2,3)30-20-15-27(35)23-31(30)36/h10-12,15-17,20-21,23,26,28H,4-9,13-14,18-19,22,24,35-36H2,1-3H3. The van der Waals surface area contributed by atoms with Gasteiger partial charge < -0.3 is 25.7 Å². The number of nitrogen functional groups attached to an aromatic ring is 2. The maximum Gasteiger partial charge on any atom is 0.330 e. The molecule has 0 saturated heterocycles. The topological polar surface area (TPSA) is 114 Å². The highest BCUT2D eigenvalue weighted by Crippen LogP contribution is 2.30. The highest BCUT2D eigenvalue weighted by Gasteiger charge is 2.28. The van der Waals surface area contributed by atoms with E-state index >= 15 is 0 Å². The third-order valence-electron chi connectivity index (χ3n) is 7.75. The van der Waals surface area contributed by atoms with Gasteiger partial charge in [0.1, 0.15) is 12.4 Å². The molecule has 1 saturated carbocycles. The van der Waals surface area contributed by atoms with Crippen LogP contribution in [0.25, 0.3) is 6.08 Å². The first-order valence-electron chi connectivity index (χ1n) is 15.1. The Balaban J connectivity index is 1.36. The SMILES string of the molecule is CCCCCCCCOC1CCC(C(=O)Oc2ccc(C=CC(=O)OCC(C)(C)c3ccc(N)cc3N)cc2)CC1. The average Bonchev–Trinajstić information content (AvgIpc) is 2.95. The molecule has 0 heterocycles. The summed E-state index contributed by atoms with van der Waals surface area (Å²) < 4.78 is 17.2. The Morgan fingerprint density at radius 1 is 0.927 bits per heavy atom. The Hall–Kier alpha value is -3.32. The predicted octanol–water partition coefficient (Wildman–Crippen LogP) is 7.23. The van der Waals surface area contributed by atoms with Crippen molar-refractivity contribution in [2.45, 2.75) is 96.5 Å². The molecule has 0 spiro atoms. The van der Waals surface area contributed by atoms with Gasteiger partial charge in [0, 0.05) is 29.5 Å². The quantitative estimate of drug-likeness (QED) is 0.0771. The maximum absolute atomic E-state index is 12.7. The molecule has 0 amide bonds. The Kier molecular flexibility index (Phi) is 12.7. The van der Waals surface area contributed by atoms with E-state index in [1.807, 2.05) is 19.9 Å². The molecular weight excluding hydrogens is 516 g/mol. The van der Waals surface area contributed by atoms with Crippen LogP contribution in [0.5, 0.6) is 5.75 Å². The van der Waals surface area contributed by atoms with Gasteiger partial charge in [-0.2, -0.15) is 0 Å². The fourth-order valence-corrected chi connectivity index (χ4v) is 5.18. The number of hydrogen-bond acceptors (Lipinski definition) is 7. The van der Waals surface area contributed by atoms with E-state index in [1.54, 1.807) is 42.5 Å². The van der Waals surface area contributed by atoms with Crippen molar-refractivity contribution in [1.29, 1.82) is 0 Å². The van der Waals surface area contributed by atoms with Gasteiger partial charge in [0.2, 0.25) is 0 Å². The van der Waals surface area contributed by atoms with Crippen molar-refractivity contribution in [1.82, 2.24) is 0 Å². The first kappa shape index (κ1) is 32.2. The fraction of sp³-hybridized carbons (Fsp3) is 0.529. The molecule has 0 bridgehead atoms. The molecule has 0 atom stereocenters. The van der Waals surface area contributed by atoms with Gasteiger partial charge >= 0.3 is 11.9 Å². The molecule has 2 aromatic carbocycles. The highest BCUT2D eigenvalue weighted by molar-refractivity contribution is 5.87. The summed E-state index contributed by atoms with van der Waals surface area (Å²) in [6.45, 7) is 7.15. The van der Waals surface area contributed by atoms with Gasteiger partial charge in [-0.15, -0.1) is 0 Å². The molecule has 4 N–H and O–H groups in total. The fourth-order valence-electron chi connectivity index (χ4n) is 5.18. The van der Waals surface area contributed by atoms with Crippen molar-refractivity contribution in [2.75, 3.05) is 24.7 Å². The average molecular weight is 565 g/mol. The Morgan fingerprint density at radius 2 is 1.61 bits per heavy atom. The second-order valence-electron chi connectivity index (χ2n) is 11.8. The molecule has 1 fully saturated rings. The number of ether oxygens (including phenoxy) is 3. The van der Waals surface area contributed by atoms with Gasteiger partial charge in [-0.3, -0.25) is 4.79 Å². The summed E-state index contributed by atoms with van der Waals surface area (Å²) in [5.41, 5.74) is 14.3. The minimum Gasteiger partial charge on any atom is -0.462 e. The number of carbonyl (C=O) groups excluding carboxylic acids is 2. The van der Waals surface area contributed by atoms with Crippen LogP contribution in [-0.4, -0.2) is 31.3 Å². The summed E-state index contributed by atoms with van der Waals surface area (Å²) in [7, 11) is 0. The van der Waals surface area contributed by atoms with Gasteiger partial charge in [-0.05, 0) is 73.6 Å². The van der Waals surface area contributed by atoms with Gasteiger partial charge in [0.15, 0.2) is 0 Å². The van der Waals surface area contributed by atoms with Crippen LogP contribution in [0.3, 0.4) is 0 Å². The van der Waals surface area contributed by atoms with E-state index in [-0.39, 0.29) is 24.6 Å². The molecule has 0 aromatic heterocycles. The lowest BCUT2D eigenvalue weighted by Crippen LogP contribution is -2.29. The number of nitrogens with two attached hydrogens (primary N) is 2. The van der Waals surface area contributed by atoms with Crippen molar-refractivity contribution >= 4 is 29.4 Å². The molecule has 1 aliphatic rings. The molecule has 41 heavy (non-hydrogen) atoms. The molecule has 0 aliphatic heterocycles. The number of esters is 2. The summed E-state index contributed by atoms with van der Waals surface area (Å²) in [4.78, 5) is 25.0. The third kappa shape index (κ3) is 10.9. The van der Waals surface area contributed by atoms with Crippen molar-refractivity contribution in [3.05, 3.63) is 59.7 Å². The van der Waals surface area contributed by atoms with Crippen LogP contribution in [-0.2, 0) is 24.5 Å². The minimum absolute atomic E-state index is 0.0916. The zero-order valence-electron chi connectivity index (χ0n) is 25.0. The van der Waals surface area contributed by atoms with Crippen molar-refractivity contribution < 1.29 is 23.8 Å². The number of carbonyl (C=O) groups is 2. The molecule has 0 unspecified atom stereocenters. The number of anilines is 2. The van der Waals surface area contributed by atoms with E-state index in [4.69, 9.17) is 25.7 Å². The molecule has 1 aliphatic carbocycles. The van der Waals surface area contributed by atoms with E-state index < -0.39 is 11.4 Å². The molecular formula is C34H48N2O5. The zero-order chi connectivity index (χ0) is 29.7. The molecule has 0 radical (unpaired) electrons. The van der Waals surface area contributed by atoms with Crippen LogP contribution < -0.4 is 16.2 Å². The Morgan fingerprint density at radius 3 is 2.29 bits per heavy atom. The van der Waals surface area contributed by atoms with Crippen LogP contribution in [0.1, 0.15) is 96.1 Å². The van der Waals surface area contributed by atoms with Crippen molar-refractivity contribution in [3.63, 3.8) is 0 Å². The molecule has 7 heteroatoms. The van der Waals surface area contributed by atoms with Gasteiger partial charge in [0.05, 0.1) is 12.0 Å². The summed E-state index contributed by atoms with van der Waals surface area (Å²) >= 11 is 0. The molecule has 224 valence electrons. The van der Waals surface area contributed by atoms with E-state index in [1.165, 1.54) is 38.2 Å². The smallest absolute Gasteiger partial charge is 0.330 e. The second-order valence-corrected chi connectivity index (χ2v) is 11.8. The lowest BCUT2D eigenvalue weighted by molar-refractivity contribution is -0.141. The normalized spacial score (nSPS) is 17.4. The monoisotopic (exact) mass is 564 g/mol. The molecule has 3 rings (SSSR count). The largest absolute Gasteiger partial charge is 0.462 e. The number of unbranched alkanes of at least 4 members (excludes halogenated alkanes) is 5. The first-order chi connectivity index (χ1) is 19.7. The van der Waals surface area contributed by atoms with Gasteiger partial charge in [-0.1, -0.05) is 71.1 Å². The number of rotatable bonds is 15. The van der Waals surface area contributed by atoms with E-state index in [0.717, 1.165) is 49.8 Å². The lowest BCUT2D eigenvalue weighted by Gasteiger charge is -2.27. The maximum atomic E-state index is 12.7. The van der Waals surface area contributed by atoms with E-state index in [0.29, 0.717) is 17.1 Å². The van der Waals surface area contributed by atoms with Crippen LogP contribution in [0.2, 0.25) is 0 Å². The van der Waals surface area contributed by atoms with Crippen molar-refractivity contribution in [3.8, 4) is 5.75 Å². The Bertz CT molecular complexity index is 1130. The van der Waals surface area contributed by atoms with Crippen molar-refractivity contribution in [2.24, 2.45) is 5.92 Å². The molecule has 2 aromatic rings. The van der Waals surface area contributed by atoms with E-state index in [2.05, 4.69) is 6.92 Å². The lowest BCUT2D eigenvalue weighted by atomic mass is 9.84. The molecule has 7 nitrogen and oxygen atoms in total. The minimum atomic E-state index is -0.466. The first-order valence-corrected chi connectivity index (χ1v) is 15.1. The summed E-state index contributed by atoms with van der Waals surface area (Å²) in [6, 6.07) is 12.4. The summed E-state index contributed by atoms with van der Waals surface area (Å²) in [6.07, 6.45) is 14.3. The predicted molar refractivity (Wildman–Crippen MR) is 165 cm³/mol.